The lowest BCUT2D eigenvalue weighted by atomic mass is 10.1. The lowest BCUT2D eigenvalue weighted by molar-refractivity contribution is 0.178. The first-order chi connectivity index (χ1) is 9.18. The zero-order chi connectivity index (χ0) is 13.7. The molecule has 0 saturated carbocycles. The van der Waals surface area contributed by atoms with E-state index in [4.69, 9.17) is 0 Å². The van der Waals surface area contributed by atoms with E-state index in [1.807, 2.05) is 0 Å². The van der Waals surface area contributed by atoms with Gasteiger partial charge in [0.25, 0.3) is 0 Å². The molecule has 0 amide bonds. The number of piperazine rings is 1. The molecule has 1 atom stereocenters. The number of anilines is 1. The fourth-order valence-corrected chi connectivity index (χ4v) is 3.16. The molecule has 1 N–H and O–H groups in total. The molecular weight excluding hydrogens is 302 g/mol. The van der Waals surface area contributed by atoms with Gasteiger partial charge in [0.2, 0.25) is 0 Å². The van der Waals surface area contributed by atoms with Crippen molar-refractivity contribution in [1.82, 2.24) is 10.2 Å². The normalized spacial score (nSPS) is 18.3. The molecular formula is C15H24BrN3. The Morgan fingerprint density at radius 3 is 2.68 bits per heavy atom. The number of nitrogens with one attached hydrogen (secondary N) is 1. The predicted octanol–water partition coefficient (Wildman–Crippen LogP) is 2.57. The van der Waals surface area contributed by atoms with Crippen LogP contribution in [-0.2, 0) is 0 Å². The summed E-state index contributed by atoms with van der Waals surface area (Å²) in [4.78, 5) is 4.92. The highest BCUT2D eigenvalue weighted by molar-refractivity contribution is 9.10. The molecule has 2 rings (SSSR count). The first-order valence-electron chi connectivity index (χ1n) is 7.09. The molecule has 1 heterocycles. The van der Waals surface area contributed by atoms with E-state index in [1.54, 1.807) is 0 Å². The van der Waals surface area contributed by atoms with Crippen LogP contribution in [0, 0.1) is 0 Å². The molecule has 1 saturated heterocycles. The Labute approximate surface area is 125 Å². The SMILES string of the molecule is CC(CCN(C)c1ccccc1Br)N1CCNCC1. The Hall–Kier alpha value is -0.580. The van der Waals surface area contributed by atoms with Crippen molar-refractivity contribution in [2.24, 2.45) is 0 Å². The van der Waals surface area contributed by atoms with Gasteiger partial charge in [0.15, 0.2) is 0 Å². The summed E-state index contributed by atoms with van der Waals surface area (Å²) in [6, 6.07) is 9.08. The topological polar surface area (TPSA) is 18.5 Å². The standard InChI is InChI=1S/C15H24BrN3/c1-13(19-11-8-17-9-12-19)7-10-18(2)15-6-4-3-5-14(15)16/h3-6,13,17H,7-12H2,1-2H3. The van der Waals surface area contributed by atoms with Gasteiger partial charge in [-0.1, -0.05) is 12.1 Å². The predicted molar refractivity (Wildman–Crippen MR) is 85.9 cm³/mol. The van der Waals surface area contributed by atoms with Gasteiger partial charge in [0.05, 0.1) is 5.69 Å². The smallest absolute Gasteiger partial charge is 0.0508 e. The number of nitrogens with zero attached hydrogens (tertiary/aromatic N) is 2. The van der Waals surface area contributed by atoms with Crippen molar-refractivity contribution < 1.29 is 0 Å². The first-order valence-corrected chi connectivity index (χ1v) is 7.88. The van der Waals surface area contributed by atoms with Crippen molar-refractivity contribution >= 4 is 21.6 Å². The maximum Gasteiger partial charge on any atom is 0.0508 e. The summed E-state index contributed by atoms with van der Waals surface area (Å²) in [5, 5.41) is 3.41. The Balaban J connectivity index is 1.82. The number of halogens is 1. The Kier molecular flexibility index (Phi) is 5.67. The number of rotatable bonds is 5. The molecule has 106 valence electrons. The van der Waals surface area contributed by atoms with Crippen LogP contribution in [0.15, 0.2) is 28.7 Å². The van der Waals surface area contributed by atoms with Gasteiger partial charge in [-0.25, -0.2) is 0 Å². The van der Waals surface area contributed by atoms with Crippen LogP contribution in [0.3, 0.4) is 0 Å². The highest BCUT2D eigenvalue weighted by atomic mass is 79.9. The summed E-state index contributed by atoms with van der Waals surface area (Å²) in [6.07, 6.45) is 1.21. The van der Waals surface area contributed by atoms with E-state index in [0.717, 1.165) is 19.6 Å². The molecule has 1 aliphatic heterocycles. The molecule has 1 aromatic carbocycles. The minimum atomic E-state index is 0.659. The first kappa shape index (κ1) is 14.8. The average Bonchev–Trinajstić information content (AvgIpc) is 2.46. The molecule has 1 unspecified atom stereocenters. The molecule has 3 nitrogen and oxygen atoms in total. The monoisotopic (exact) mass is 325 g/mol. The molecule has 0 radical (unpaired) electrons. The van der Waals surface area contributed by atoms with E-state index in [0.29, 0.717) is 6.04 Å². The third-order valence-electron chi connectivity index (χ3n) is 3.92. The Bertz CT molecular complexity index is 391. The second kappa shape index (κ2) is 7.27. The van der Waals surface area contributed by atoms with E-state index in [1.165, 1.54) is 29.7 Å². The quantitative estimate of drug-likeness (QED) is 0.897. The second-order valence-corrected chi connectivity index (χ2v) is 6.15. The summed E-state index contributed by atoms with van der Waals surface area (Å²) in [5.41, 5.74) is 1.27. The maximum absolute atomic E-state index is 3.62. The second-order valence-electron chi connectivity index (χ2n) is 5.30. The highest BCUT2D eigenvalue weighted by Crippen LogP contribution is 2.24. The van der Waals surface area contributed by atoms with E-state index in [-0.39, 0.29) is 0 Å². The van der Waals surface area contributed by atoms with Crippen LogP contribution in [0.4, 0.5) is 5.69 Å². The highest BCUT2D eigenvalue weighted by Gasteiger charge is 2.16. The number of hydrogen-bond acceptors (Lipinski definition) is 3. The van der Waals surface area contributed by atoms with Crippen LogP contribution in [0.1, 0.15) is 13.3 Å². The van der Waals surface area contributed by atoms with E-state index in [2.05, 4.69) is 69.3 Å². The maximum atomic E-state index is 3.62. The fraction of sp³-hybridized carbons (Fsp3) is 0.600. The zero-order valence-corrected chi connectivity index (χ0v) is 13.5. The molecule has 1 fully saturated rings. The molecule has 0 bridgehead atoms. The van der Waals surface area contributed by atoms with Crippen LogP contribution < -0.4 is 10.2 Å². The van der Waals surface area contributed by atoms with Crippen molar-refractivity contribution in [3.8, 4) is 0 Å². The van der Waals surface area contributed by atoms with Gasteiger partial charge in [-0.2, -0.15) is 0 Å². The lowest BCUT2D eigenvalue weighted by Crippen LogP contribution is -2.48. The van der Waals surface area contributed by atoms with Gasteiger partial charge in [0, 0.05) is 50.3 Å². The van der Waals surface area contributed by atoms with Crippen LogP contribution in [0.5, 0.6) is 0 Å². The summed E-state index contributed by atoms with van der Waals surface area (Å²) in [6.45, 7) is 8.06. The summed E-state index contributed by atoms with van der Waals surface area (Å²) in [7, 11) is 2.17. The molecule has 19 heavy (non-hydrogen) atoms. The molecule has 1 aliphatic rings. The largest absolute Gasteiger partial charge is 0.374 e. The van der Waals surface area contributed by atoms with Gasteiger partial charge in [-0.3, -0.25) is 4.90 Å². The molecule has 0 aliphatic carbocycles. The van der Waals surface area contributed by atoms with Gasteiger partial charge >= 0.3 is 0 Å². The average molecular weight is 326 g/mol. The van der Waals surface area contributed by atoms with Crippen LogP contribution in [0.2, 0.25) is 0 Å². The minimum absolute atomic E-state index is 0.659. The molecule has 0 spiro atoms. The Morgan fingerprint density at radius 2 is 2.00 bits per heavy atom. The summed E-state index contributed by atoms with van der Waals surface area (Å²) >= 11 is 3.62. The summed E-state index contributed by atoms with van der Waals surface area (Å²) in [5.74, 6) is 0. The van der Waals surface area contributed by atoms with Crippen LogP contribution in [-0.4, -0.2) is 50.7 Å². The van der Waals surface area contributed by atoms with Gasteiger partial charge in [-0.15, -0.1) is 0 Å². The summed E-state index contributed by atoms with van der Waals surface area (Å²) < 4.78 is 1.17. The number of hydrogen-bond donors (Lipinski definition) is 1. The van der Waals surface area contributed by atoms with Crippen molar-refractivity contribution in [2.75, 3.05) is 44.7 Å². The molecule has 0 aromatic heterocycles. The third-order valence-corrected chi connectivity index (χ3v) is 4.59. The molecule has 4 heteroatoms. The van der Waals surface area contributed by atoms with E-state index >= 15 is 0 Å². The number of para-hydroxylation sites is 1. The van der Waals surface area contributed by atoms with Crippen molar-refractivity contribution in [3.05, 3.63) is 28.7 Å². The van der Waals surface area contributed by atoms with Crippen molar-refractivity contribution in [2.45, 2.75) is 19.4 Å². The van der Waals surface area contributed by atoms with Gasteiger partial charge in [0.1, 0.15) is 0 Å². The van der Waals surface area contributed by atoms with E-state index in [9.17, 15) is 0 Å². The van der Waals surface area contributed by atoms with Crippen molar-refractivity contribution in [3.63, 3.8) is 0 Å². The van der Waals surface area contributed by atoms with Crippen LogP contribution in [0.25, 0.3) is 0 Å². The van der Waals surface area contributed by atoms with Gasteiger partial charge < -0.3 is 10.2 Å². The van der Waals surface area contributed by atoms with E-state index < -0.39 is 0 Å². The Morgan fingerprint density at radius 1 is 1.32 bits per heavy atom. The van der Waals surface area contributed by atoms with Crippen LogP contribution >= 0.6 is 15.9 Å². The molecule has 1 aromatic rings. The van der Waals surface area contributed by atoms with Crippen molar-refractivity contribution in [1.29, 1.82) is 0 Å². The fourth-order valence-electron chi connectivity index (χ4n) is 2.57. The third kappa shape index (κ3) is 4.20. The lowest BCUT2D eigenvalue weighted by Gasteiger charge is -2.34. The minimum Gasteiger partial charge on any atom is -0.374 e. The van der Waals surface area contributed by atoms with Gasteiger partial charge in [-0.05, 0) is 41.4 Å². The number of benzene rings is 1. The zero-order valence-electron chi connectivity index (χ0n) is 11.9.